The number of carbonyl (C=O) groups excluding carboxylic acids is 1. The Morgan fingerprint density at radius 3 is 2.39 bits per heavy atom. The molecule has 1 aromatic carbocycles. The lowest BCUT2D eigenvalue weighted by molar-refractivity contribution is 0.143. The summed E-state index contributed by atoms with van der Waals surface area (Å²) in [5, 5.41) is 2.30. The van der Waals surface area contributed by atoms with Gasteiger partial charge in [0.2, 0.25) is 0 Å². The summed E-state index contributed by atoms with van der Waals surface area (Å²) >= 11 is 3.37. The molecule has 0 radical (unpaired) electrons. The molecule has 1 amide bonds. The average Bonchev–Trinajstić information content (AvgIpc) is 3.42. The number of amides is 1. The second-order valence-corrected chi connectivity index (χ2v) is 8.65. The number of hydrogen-bond acceptors (Lipinski definition) is 6. The Balaban J connectivity index is 1.22. The number of likely N-dealkylation sites (tertiary alicyclic amines) is 1. The van der Waals surface area contributed by atoms with Crippen LogP contribution in [0.2, 0.25) is 0 Å². The van der Waals surface area contributed by atoms with E-state index in [9.17, 15) is 4.79 Å². The van der Waals surface area contributed by atoms with Gasteiger partial charge in [0, 0.05) is 48.9 Å². The van der Waals surface area contributed by atoms with Crippen molar-refractivity contribution in [3.8, 4) is 5.75 Å². The molecular weight excluding hydrogens is 394 g/mol. The second-order valence-electron chi connectivity index (χ2n) is 6.39. The largest absolute Gasteiger partial charge is 0.415 e. The lowest BCUT2D eigenvalue weighted by Crippen LogP contribution is -2.40. The van der Waals surface area contributed by atoms with E-state index < -0.39 is 0 Å². The highest BCUT2D eigenvalue weighted by atomic mass is 32.2. The summed E-state index contributed by atoms with van der Waals surface area (Å²) in [6.45, 7) is 1.41. The lowest BCUT2D eigenvalue weighted by atomic mass is 10.1. The molecule has 0 saturated carbocycles. The number of nitrogens with zero attached hydrogens (tertiary/aromatic N) is 3. The lowest BCUT2D eigenvalue weighted by Gasteiger charge is -2.30. The van der Waals surface area contributed by atoms with Crippen molar-refractivity contribution in [1.29, 1.82) is 0 Å². The predicted molar refractivity (Wildman–Crippen MR) is 110 cm³/mol. The van der Waals surface area contributed by atoms with Crippen LogP contribution in [0.1, 0.15) is 18.4 Å². The zero-order valence-corrected chi connectivity index (χ0v) is 16.8. The number of rotatable bonds is 6. The van der Waals surface area contributed by atoms with E-state index in [1.807, 2.05) is 36.7 Å². The molecule has 0 unspecified atom stereocenters. The van der Waals surface area contributed by atoms with E-state index >= 15 is 0 Å². The van der Waals surface area contributed by atoms with Crippen LogP contribution in [0.3, 0.4) is 0 Å². The van der Waals surface area contributed by atoms with E-state index in [0.29, 0.717) is 24.1 Å². The molecule has 0 atom stereocenters. The van der Waals surface area contributed by atoms with Gasteiger partial charge in [-0.15, -0.1) is 0 Å². The number of aromatic amines is 2. The first kappa shape index (κ1) is 18.9. The van der Waals surface area contributed by atoms with Gasteiger partial charge >= 0.3 is 6.09 Å². The van der Waals surface area contributed by atoms with E-state index in [0.717, 1.165) is 34.5 Å². The number of imidazole rings is 2. The van der Waals surface area contributed by atoms with Gasteiger partial charge in [-0.1, -0.05) is 35.7 Å². The van der Waals surface area contributed by atoms with Crippen molar-refractivity contribution in [2.24, 2.45) is 0 Å². The van der Waals surface area contributed by atoms with Crippen LogP contribution >= 0.6 is 23.5 Å². The van der Waals surface area contributed by atoms with Crippen molar-refractivity contribution in [1.82, 2.24) is 24.8 Å². The van der Waals surface area contributed by atoms with Crippen molar-refractivity contribution < 1.29 is 9.53 Å². The normalized spacial score (nSPS) is 14.9. The molecule has 3 heterocycles. The molecule has 0 bridgehead atoms. The maximum absolute atomic E-state index is 12.4. The summed E-state index contributed by atoms with van der Waals surface area (Å²) < 4.78 is 5.54. The Labute approximate surface area is 171 Å². The predicted octanol–water partition coefficient (Wildman–Crippen LogP) is 4.18. The monoisotopic (exact) mass is 415 g/mol. The molecule has 2 aromatic heterocycles. The minimum Gasteiger partial charge on any atom is -0.410 e. The molecule has 3 aromatic rings. The van der Waals surface area contributed by atoms with Gasteiger partial charge in [0.1, 0.15) is 5.75 Å². The molecule has 1 saturated heterocycles. The zero-order chi connectivity index (χ0) is 19.2. The average molecular weight is 416 g/mol. The third-order valence-corrected chi connectivity index (χ3v) is 6.65. The molecule has 4 rings (SSSR count). The van der Waals surface area contributed by atoms with Gasteiger partial charge in [0.05, 0.1) is 0 Å². The number of ether oxygens (including phenoxy) is 1. The smallest absolute Gasteiger partial charge is 0.410 e. The first-order valence-corrected chi connectivity index (χ1v) is 11.0. The summed E-state index contributed by atoms with van der Waals surface area (Å²) in [5.74, 6) is 1.38. The number of benzene rings is 1. The molecule has 0 aliphatic carbocycles. The SMILES string of the molecule is O=C(Oc1ccc(CSc2ncc[nH]2)cc1)N1CCC(Sc2ncc[nH]2)CC1. The summed E-state index contributed by atoms with van der Waals surface area (Å²) in [4.78, 5) is 28.8. The highest BCUT2D eigenvalue weighted by Gasteiger charge is 2.25. The number of aromatic nitrogens is 4. The molecule has 9 heteroatoms. The van der Waals surface area contributed by atoms with Gasteiger partial charge in [-0.25, -0.2) is 14.8 Å². The van der Waals surface area contributed by atoms with Crippen molar-refractivity contribution in [3.63, 3.8) is 0 Å². The second kappa shape index (κ2) is 9.20. The Morgan fingerprint density at radius 2 is 1.75 bits per heavy atom. The standard InChI is InChI=1S/C19H21N5O2S2/c25-19(24-11-5-16(6-12-24)28-18-22-9-10-23-18)26-15-3-1-14(2-4-15)13-27-17-20-7-8-21-17/h1-4,7-10,16H,5-6,11-13H2,(H,20,21)(H,22,23). The van der Waals surface area contributed by atoms with E-state index in [-0.39, 0.29) is 6.09 Å². The number of thioether (sulfide) groups is 2. The van der Waals surface area contributed by atoms with Crippen molar-refractivity contribution in [2.45, 2.75) is 34.2 Å². The Morgan fingerprint density at radius 1 is 1.07 bits per heavy atom. The summed E-state index contributed by atoms with van der Waals surface area (Å²) in [5.41, 5.74) is 1.15. The number of carbonyl (C=O) groups is 1. The number of nitrogens with one attached hydrogen (secondary N) is 2. The first-order valence-electron chi connectivity index (χ1n) is 9.10. The molecule has 1 fully saturated rings. The first-order chi connectivity index (χ1) is 13.8. The molecule has 146 valence electrons. The van der Waals surface area contributed by atoms with Gasteiger partial charge in [-0.3, -0.25) is 0 Å². The maximum Gasteiger partial charge on any atom is 0.415 e. The van der Waals surface area contributed by atoms with Gasteiger partial charge in [0.15, 0.2) is 10.3 Å². The Hall–Kier alpha value is -2.39. The van der Waals surface area contributed by atoms with Crippen LogP contribution in [0.5, 0.6) is 5.75 Å². The minimum atomic E-state index is -0.279. The number of piperidine rings is 1. The maximum atomic E-state index is 12.4. The summed E-state index contributed by atoms with van der Waals surface area (Å²) in [6, 6.07) is 7.64. The third-order valence-electron chi connectivity index (χ3n) is 4.43. The van der Waals surface area contributed by atoms with Crippen LogP contribution < -0.4 is 4.74 Å². The molecule has 7 nitrogen and oxygen atoms in total. The number of H-pyrrole nitrogens is 2. The molecule has 1 aliphatic heterocycles. The van der Waals surface area contributed by atoms with Crippen LogP contribution in [-0.4, -0.2) is 49.3 Å². The molecule has 1 aliphatic rings. The van der Waals surface area contributed by atoms with Crippen LogP contribution in [0, 0.1) is 0 Å². The number of hydrogen-bond donors (Lipinski definition) is 2. The molecule has 2 N–H and O–H groups in total. The quantitative estimate of drug-likeness (QED) is 0.587. The Kier molecular flexibility index (Phi) is 6.23. The molecule has 28 heavy (non-hydrogen) atoms. The fraction of sp³-hybridized carbons (Fsp3) is 0.316. The summed E-state index contributed by atoms with van der Waals surface area (Å²) in [6.07, 6.45) is 8.73. The minimum absolute atomic E-state index is 0.279. The van der Waals surface area contributed by atoms with Crippen LogP contribution in [0.4, 0.5) is 4.79 Å². The molecule has 0 spiro atoms. The van der Waals surface area contributed by atoms with Gasteiger partial charge in [-0.2, -0.15) is 0 Å². The Bertz CT molecular complexity index is 860. The fourth-order valence-electron chi connectivity index (χ4n) is 2.93. The highest BCUT2D eigenvalue weighted by molar-refractivity contribution is 7.99. The highest BCUT2D eigenvalue weighted by Crippen LogP contribution is 2.28. The van der Waals surface area contributed by atoms with Gasteiger partial charge in [0.25, 0.3) is 0 Å². The van der Waals surface area contributed by atoms with Crippen molar-refractivity contribution in [3.05, 3.63) is 54.6 Å². The van der Waals surface area contributed by atoms with Crippen LogP contribution in [0.15, 0.2) is 59.4 Å². The fourth-order valence-corrected chi connectivity index (χ4v) is 4.73. The topological polar surface area (TPSA) is 86.9 Å². The van der Waals surface area contributed by atoms with E-state index in [2.05, 4.69) is 19.9 Å². The van der Waals surface area contributed by atoms with Crippen LogP contribution in [-0.2, 0) is 5.75 Å². The van der Waals surface area contributed by atoms with E-state index in [1.54, 1.807) is 40.8 Å². The van der Waals surface area contributed by atoms with Gasteiger partial charge < -0.3 is 19.6 Å². The van der Waals surface area contributed by atoms with E-state index in [4.69, 9.17) is 4.74 Å². The zero-order valence-electron chi connectivity index (χ0n) is 15.2. The van der Waals surface area contributed by atoms with Crippen LogP contribution in [0.25, 0.3) is 0 Å². The van der Waals surface area contributed by atoms with E-state index in [1.165, 1.54) is 0 Å². The molecular formula is C19H21N5O2S2. The summed E-state index contributed by atoms with van der Waals surface area (Å²) in [7, 11) is 0. The van der Waals surface area contributed by atoms with Gasteiger partial charge in [-0.05, 0) is 30.5 Å². The van der Waals surface area contributed by atoms with Crippen molar-refractivity contribution in [2.75, 3.05) is 13.1 Å². The third kappa shape index (κ3) is 5.11. The van der Waals surface area contributed by atoms with Crippen molar-refractivity contribution >= 4 is 29.6 Å².